The van der Waals surface area contributed by atoms with Gasteiger partial charge in [0.25, 0.3) is 5.91 Å². The van der Waals surface area contributed by atoms with Gasteiger partial charge in [-0.05, 0) is 12.1 Å². The number of amides is 3. The molecule has 0 fully saturated rings. The average Bonchev–Trinajstić information content (AvgIpc) is 2.41. The Hall–Kier alpha value is -2.44. The second-order valence-corrected chi connectivity index (χ2v) is 4.34. The minimum Gasteiger partial charge on any atom is -0.484 e. The van der Waals surface area contributed by atoms with Gasteiger partial charge in [0.15, 0.2) is 6.61 Å². The zero-order valence-electron chi connectivity index (χ0n) is 11.7. The Morgan fingerprint density at radius 3 is 2.60 bits per heavy atom. The van der Waals surface area contributed by atoms with E-state index >= 15 is 0 Å². The molecule has 0 aliphatic rings. The Labute approximate surface area is 118 Å². The molecule has 7 heteroatoms. The highest BCUT2D eigenvalue weighted by atomic mass is 16.5. The molecule has 0 bridgehead atoms. The first kappa shape index (κ1) is 15.6. The van der Waals surface area contributed by atoms with Gasteiger partial charge in [0.2, 0.25) is 0 Å². The maximum absolute atomic E-state index is 11.5. The highest BCUT2D eigenvalue weighted by Gasteiger charge is 2.04. The van der Waals surface area contributed by atoms with Crippen LogP contribution in [0.4, 0.5) is 10.5 Å². The van der Waals surface area contributed by atoms with Crippen molar-refractivity contribution in [3.63, 3.8) is 0 Å². The molecule has 7 nitrogen and oxygen atoms in total. The molecule has 20 heavy (non-hydrogen) atoms. The first-order valence-corrected chi connectivity index (χ1v) is 6.19. The van der Waals surface area contributed by atoms with E-state index in [0.29, 0.717) is 24.5 Å². The van der Waals surface area contributed by atoms with Crippen molar-refractivity contribution in [3.8, 4) is 5.75 Å². The number of benzene rings is 1. The van der Waals surface area contributed by atoms with Crippen molar-refractivity contribution in [2.45, 2.75) is 0 Å². The maximum Gasteiger partial charge on any atom is 0.316 e. The third-order valence-corrected chi connectivity index (χ3v) is 2.36. The van der Waals surface area contributed by atoms with Crippen LogP contribution in [0.25, 0.3) is 0 Å². The van der Waals surface area contributed by atoms with Gasteiger partial charge in [-0.3, -0.25) is 4.79 Å². The number of hydrogen-bond donors (Lipinski definition) is 3. The lowest BCUT2D eigenvalue weighted by atomic mass is 10.3. The van der Waals surface area contributed by atoms with E-state index in [1.807, 2.05) is 0 Å². The molecule has 0 saturated carbocycles. The number of nitrogens with zero attached hydrogens (tertiary/aromatic N) is 1. The van der Waals surface area contributed by atoms with Crippen molar-refractivity contribution in [1.29, 1.82) is 0 Å². The fourth-order valence-electron chi connectivity index (χ4n) is 1.33. The first-order chi connectivity index (χ1) is 9.49. The van der Waals surface area contributed by atoms with E-state index in [1.165, 1.54) is 4.90 Å². The number of carbonyl (C=O) groups excluding carboxylic acids is 2. The minimum atomic E-state index is -0.258. The standard InChI is InChI=1S/C13H20N4O3/c1-17(2)13(19)16-7-6-15-12(18)9-20-11-5-3-4-10(14)8-11/h3-5,8H,6-7,9,14H2,1-2H3,(H,15,18)(H,16,19). The van der Waals surface area contributed by atoms with Gasteiger partial charge in [-0.1, -0.05) is 6.07 Å². The molecule has 1 aromatic carbocycles. The molecule has 1 rings (SSSR count). The number of urea groups is 1. The van der Waals surface area contributed by atoms with Crippen LogP contribution in [-0.2, 0) is 4.79 Å². The lowest BCUT2D eigenvalue weighted by Gasteiger charge is -2.12. The van der Waals surface area contributed by atoms with E-state index in [9.17, 15) is 9.59 Å². The topological polar surface area (TPSA) is 96.7 Å². The van der Waals surface area contributed by atoms with Crippen LogP contribution in [0.5, 0.6) is 5.75 Å². The predicted molar refractivity (Wildman–Crippen MR) is 76.4 cm³/mol. The third kappa shape index (κ3) is 5.94. The summed E-state index contributed by atoms with van der Waals surface area (Å²) in [5.41, 5.74) is 6.17. The van der Waals surface area contributed by atoms with E-state index in [0.717, 1.165) is 0 Å². The van der Waals surface area contributed by atoms with Gasteiger partial charge in [0.05, 0.1) is 0 Å². The Bertz CT molecular complexity index is 463. The third-order valence-electron chi connectivity index (χ3n) is 2.36. The summed E-state index contributed by atoms with van der Waals surface area (Å²) in [4.78, 5) is 24.1. The molecule has 0 saturated heterocycles. The van der Waals surface area contributed by atoms with E-state index in [4.69, 9.17) is 10.5 Å². The molecular formula is C13H20N4O3. The molecule has 0 spiro atoms. The van der Waals surface area contributed by atoms with E-state index in [-0.39, 0.29) is 18.5 Å². The Morgan fingerprint density at radius 2 is 1.95 bits per heavy atom. The fourth-order valence-corrected chi connectivity index (χ4v) is 1.33. The van der Waals surface area contributed by atoms with Crippen molar-refractivity contribution in [1.82, 2.24) is 15.5 Å². The van der Waals surface area contributed by atoms with Crippen molar-refractivity contribution in [2.24, 2.45) is 0 Å². The van der Waals surface area contributed by atoms with Crippen LogP contribution in [0.1, 0.15) is 0 Å². The summed E-state index contributed by atoms with van der Waals surface area (Å²) in [6.07, 6.45) is 0. The van der Waals surface area contributed by atoms with Crippen LogP contribution < -0.4 is 21.1 Å². The van der Waals surface area contributed by atoms with Crippen LogP contribution >= 0.6 is 0 Å². The molecule has 0 unspecified atom stereocenters. The Morgan fingerprint density at radius 1 is 1.25 bits per heavy atom. The maximum atomic E-state index is 11.5. The molecule has 0 aromatic heterocycles. The number of nitrogen functional groups attached to an aromatic ring is 1. The van der Waals surface area contributed by atoms with Crippen LogP contribution in [-0.4, -0.2) is 50.6 Å². The van der Waals surface area contributed by atoms with Crippen molar-refractivity contribution in [3.05, 3.63) is 24.3 Å². The molecule has 3 amide bonds. The van der Waals surface area contributed by atoms with Crippen molar-refractivity contribution in [2.75, 3.05) is 39.5 Å². The van der Waals surface area contributed by atoms with Crippen LogP contribution in [0.2, 0.25) is 0 Å². The van der Waals surface area contributed by atoms with Gasteiger partial charge >= 0.3 is 6.03 Å². The van der Waals surface area contributed by atoms with Crippen LogP contribution in [0.15, 0.2) is 24.3 Å². The molecule has 0 heterocycles. The van der Waals surface area contributed by atoms with Gasteiger partial charge in [0, 0.05) is 38.9 Å². The summed E-state index contributed by atoms with van der Waals surface area (Å²) in [7, 11) is 3.29. The zero-order valence-corrected chi connectivity index (χ0v) is 11.7. The number of ether oxygens (including phenoxy) is 1. The molecule has 0 radical (unpaired) electrons. The predicted octanol–water partition coefficient (Wildman–Crippen LogP) is 0.0350. The van der Waals surface area contributed by atoms with Crippen molar-refractivity contribution >= 4 is 17.6 Å². The highest BCUT2D eigenvalue weighted by Crippen LogP contribution is 2.13. The molecule has 110 valence electrons. The Balaban J connectivity index is 2.16. The number of nitrogens with two attached hydrogens (primary N) is 1. The summed E-state index contributed by atoms with van der Waals surface area (Å²) in [5, 5.41) is 5.27. The molecule has 4 N–H and O–H groups in total. The van der Waals surface area contributed by atoms with E-state index in [1.54, 1.807) is 38.4 Å². The Kier molecular flexibility index (Phi) is 6.15. The summed E-state index contributed by atoms with van der Waals surface area (Å²) < 4.78 is 5.28. The SMILES string of the molecule is CN(C)C(=O)NCCNC(=O)COc1cccc(N)c1. The largest absolute Gasteiger partial charge is 0.484 e. The smallest absolute Gasteiger partial charge is 0.316 e. The van der Waals surface area contributed by atoms with Gasteiger partial charge in [0.1, 0.15) is 5.75 Å². The summed E-state index contributed by atoms with van der Waals surface area (Å²) in [6.45, 7) is 0.616. The van der Waals surface area contributed by atoms with E-state index in [2.05, 4.69) is 10.6 Å². The monoisotopic (exact) mass is 280 g/mol. The van der Waals surface area contributed by atoms with Crippen molar-refractivity contribution < 1.29 is 14.3 Å². The quantitative estimate of drug-likeness (QED) is 0.506. The van der Waals surface area contributed by atoms with Gasteiger partial charge < -0.3 is 26.0 Å². The van der Waals surface area contributed by atoms with Gasteiger partial charge in [-0.15, -0.1) is 0 Å². The number of hydrogen-bond acceptors (Lipinski definition) is 4. The summed E-state index contributed by atoms with van der Waals surface area (Å²) in [5.74, 6) is 0.285. The summed E-state index contributed by atoms with van der Waals surface area (Å²) >= 11 is 0. The van der Waals surface area contributed by atoms with E-state index < -0.39 is 0 Å². The fraction of sp³-hybridized carbons (Fsp3) is 0.385. The number of nitrogens with one attached hydrogen (secondary N) is 2. The lowest BCUT2D eigenvalue weighted by Crippen LogP contribution is -2.40. The minimum absolute atomic E-state index is 0.0922. The molecule has 1 aromatic rings. The second-order valence-electron chi connectivity index (χ2n) is 4.34. The second kappa shape index (κ2) is 7.88. The van der Waals surface area contributed by atoms with Gasteiger partial charge in [-0.2, -0.15) is 0 Å². The number of rotatable bonds is 6. The van der Waals surface area contributed by atoms with Crippen LogP contribution in [0.3, 0.4) is 0 Å². The normalized spacial score (nSPS) is 9.70. The molecule has 0 aliphatic carbocycles. The van der Waals surface area contributed by atoms with Gasteiger partial charge in [-0.25, -0.2) is 4.79 Å². The number of anilines is 1. The highest BCUT2D eigenvalue weighted by molar-refractivity contribution is 5.77. The number of carbonyl (C=O) groups is 2. The average molecular weight is 280 g/mol. The summed E-state index contributed by atoms with van der Waals surface area (Å²) in [6, 6.07) is 6.65. The molecular weight excluding hydrogens is 260 g/mol. The lowest BCUT2D eigenvalue weighted by molar-refractivity contribution is -0.123. The molecule has 0 atom stereocenters. The zero-order chi connectivity index (χ0) is 15.0. The molecule has 0 aliphatic heterocycles. The van der Waals surface area contributed by atoms with Crippen LogP contribution in [0, 0.1) is 0 Å². The first-order valence-electron chi connectivity index (χ1n) is 6.19.